The largest absolute Gasteiger partial charge is 0.488 e. The molecule has 0 fully saturated rings. The van der Waals surface area contributed by atoms with Crippen LogP contribution in [-0.2, 0) is 0 Å². The molecule has 2 aliphatic rings. The van der Waals surface area contributed by atoms with Crippen LogP contribution in [0, 0.1) is 33.6 Å². The molecule has 0 spiro atoms. The Hall–Kier alpha value is -1.40. The van der Waals surface area contributed by atoms with Crippen LogP contribution in [0.1, 0.15) is 39.8 Å². The predicted molar refractivity (Wildman–Crippen MR) is 108 cm³/mol. The number of hydrogen-bond acceptors (Lipinski definition) is 6. The molecule has 0 saturated carbocycles. The Balaban J connectivity index is 0.000000151. The third-order valence-corrected chi connectivity index (χ3v) is 6.45. The van der Waals surface area contributed by atoms with Crippen molar-refractivity contribution in [2.24, 2.45) is 5.92 Å². The van der Waals surface area contributed by atoms with Gasteiger partial charge in [0.05, 0.1) is 13.2 Å². The second-order valence-electron chi connectivity index (χ2n) is 6.93. The Labute approximate surface area is 164 Å². The fraction of sp³-hybridized carbons (Fsp3) is 0.600. The van der Waals surface area contributed by atoms with Crippen molar-refractivity contribution in [2.75, 3.05) is 19.8 Å². The van der Waals surface area contributed by atoms with Gasteiger partial charge < -0.3 is 18.9 Å². The Morgan fingerprint density at radius 3 is 1.65 bits per heavy atom. The average molecular weight is 397 g/mol. The van der Waals surface area contributed by atoms with Gasteiger partial charge in [0.25, 0.3) is 0 Å². The molecule has 6 heteroatoms. The van der Waals surface area contributed by atoms with E-state index in [1.54, 1.807) is 22.7 Å². The number of thiophene rings is 2. The third kappa shape index (κ3) is 3.96. The lowest BCUT2D eigenvalue weighted by Gasteiger charge is -2.24. The minimum atomic E-state index is 0.236. The van der Waals surface area contributed by atoms with E-state index in [4.69, 9.17) is 18.9 Å². The van der Waals surface area contributed by atoms with Crippen LogP contribution in [0.3, 0.4) is 0 Å². The molecule has 2 aliphatic heterocycles. The normalized spacial score (nSPS) is 18.8. The number of rotatable bonds is 1. The Kier molecular flexibility index (Phi) is 6.03. The highest BCUT2D eigenvalue weighted by molar-refractivity contribution is 7.12. The lowest BCUT2D eigenvalue weighted by molar-refractivity contribution is 0.0885. The topological polar surface area (TPSA) is 36.9 Å². The van der Waals surface area contributed by atoms with Crippen LogP contribution in [0.15, 0.2) is 0 Å². The third-order valence-electron chi connectivity index (χ3n) is 4.48. The highest BCUT2D eigenvalue weighted by Gasteiger charge is 2.25. The summed E-state index contributed by atoms with van der Waals surface area (Å²) in [6.45, 7) is 14.8. The van der Waals surface area contributed by atoms with Crippen LogP contribution in [0.5, 0.6) is 23.0 Å². The van der Waals surface area contributed by atoms with Gasteiger partial charge >= 0.3 is 0 Å². The summed E-state index contributed by atoms with van der Waals surface area (Å²) in [5, 5.41) is 0. The van der Waals surface area contributed by atoms with Crippen molar-refractivity contribution < 1.29 is 18.9 Å². The molecule has 0 amide bonds. The maximum Gasteiger partial charge on any atom is 0.175 e. The van der Waals surface area contributed by atoms with Gasteiger partial charge in [-0.2, -0.15) is 0 Å². The lowest BCUT2D eigenvalue weighted by atomic mass is 10.2. The van der Waals surface area contributed by atoms with E-state index in [1.807, 2.05) is 0 Å². The summed E-state index contributed by atoms with van der Waals surface area (Å²) < 4.78 is 22.9. The molecule has 1 atom stereocenters. The smallest absolute Gasteiger partial charge is 0.175 e. The van der Waals surface area contributed by atoms with E-state index in [1.165, 1.54) is 19.5 Å². The van der Waals surface area contributed by atoms with Crippen molar-refractivity contribution >= 4 is 22.7 Å². The lowest BCUT2D eigenvalue weighted by Crippen LogP contribution is -2.28. The zero-order valence-corrected chi connectivity index (χ0v) is 18.1. The fourth-order valence-corrected chi connectivity index (χ4v) is 4.88. The second kappa shape index (κ2) is 8.09. The molecule has 26 heavy (non-hydrogen) atoms. The van der Waals surface area contributed by atoms with Gasteiger partial charge in [0, 0.05) is 25.4 Å². The fourth-order valence-electron chi connectivity index (χ4n) is 3.00. The summed E-state index contributed by atoms with van der Waals surface area (Å²) in [7, 11) is 0. The van der Waals surface area contributed by atoms with Crippen molar-refractivity contribution in [1.29, 1.82) is 0 Å². The van der Waals surface area contributed by atoms with E-state index in [0.29, 0.717) is 12.5 Å². The van der Waals surface area contributed by atoms with Crippen molar-refractivity contribution in [3.8, 4) is 23.0 Å². The molecule has 0 aromatic carbocycles. The maximum atomic E-state index is 5.82. The van der Waals surface area contributed by atoms with Crippen LogP contribution in [-0.4, -0.2) is 25.9 Å². The van der Waals surface area contributed by atoms with Crippen LogP contribution >= 0.6 is 22.7 Å². The first-order valence-corrected chi connectivity index (χ1v) is 10.8. The van der Waals surface area contributed by atoms with Crippen molar-refractivity contribution in [2.45, 2.75) is 54.1 Å². The monoisotopic (exact) mass is 396 g/mol. The van der Waals surface area contributed by atoms with Crippen LogP contribution in [0.4, 0.5) is 0 Å². The van der Waals surface area contributed by atoms with Gasteiger partial charge in [0.15, 0.2) is 23.0 Å². The molecule has 4 heterocycles. The molecule has 1 unspecified atom stereocenters. The molecular formula is C20H28O4S2. The minimum absolute atomic E-state index is 0.236. The van der Waals surface area contributed by atoms with Gasteiger partial charge in [-0.05, 0) is 34.1 Å². The average Bonchev–Trinajstić information content (AvgIpc) is 2.95. The van der Waals surface area contributed by atoms with Crippen LogP contribution in [0.25, 0.3) is 0 Å². The summed E-state index contributed by atoms with van der Waals surface area (Å²) in [6, 6.07) is 0. The maximum absolute atomic E-state index is 5.82. The first kappa shape index (κ1) is 19.4. The molecule has 0 saturated heterocycles. The summed E-state index contributed by atoms with van der Waals surface area (Å²) in [6.07, 6.45) is 1.24. The summed E-state index contributed by atoms with van der Waals surface area (Å²) in [5.74, 6) is 4.35. The quantitative estimate of drug-likeness (QED) is 0.621. The minimum Gasteiger partial charge on any atom is -0.488 e. The molecule has 4 nitrogen and oxygen atoms in total. The summed E-state index contributed by atoms with van der Waals surface area (Å²) in [5.41, 5.74) is 0. The number of aryl methyl sites for hydroxylation is 4. The molecular weight excluding hydrogens is 368 g/mol. The molecule has 2 aromatic rings. The first-order chi connectivity index (χ1) is 12.4. The highest BCUT2D eigenvalue weighted by atomic mass is 32.1. The highest BCUT2D eigenvalue weighted by Crippen LogP contribution is 2.44. The van der Waals surface area contributed by atoms with Gasteiger partial charge in [-0.1, -0.05) is 13.8 Å². The van der Waals surface area contributed by atoms with E-state index in [2.05, 4.69) is 41.5 Å². The van der Waals surface area contributed by atoms with E-state index < -0.39 is 0 Å². The van der Waals surface area contributed by atoms with Gasteiger partial charge in [0.2, 0.25) is 0 Å². The van der Waals surface area contributed by atoms with Gasteiger partial charge in [0.1, 0.15) is 12.7 Å². The Bertz CT molecular complexity index is 717. The second-order valence-corrected chi connectivity index (χ2v) is 9.79. The summed E-state index contributed by atoms with van der Waals surface area (Å²) in [4.78, 5) is 4.90. The number of fused-ring (bicyclic) bond motifs is 2. The van der Waals surface area contributed by atoms with Gasteiger partial charge in [-0.25, -0.2) is 0 Å². The standard InChI is InChI=1S/2C10H14O2S/c1-6-4-11-9-7(2)13-8(3)10(9)12-5-6;1-4-8-5-11-9-6(2)13-7(3)10(9)12-8/h6H,4-5H2,1-3H3;8H,4-5H2,1-3H3. The van der Waals surface area contributed by atoms with Crippen molar-refractivity contribution in [1.82, 2.24) is 0 Å². The Morgan fingerprint density at radius 1 is 0.731 bits per heavy atom. The van der Waals surface area contributed by atoms with Crippen molar-refractivity contribution in [3.05, 3.63) is 19.5 Å². The zero-order valence-electron chi connectivity index (χ0n) is 16.4. The first-order valence-electron chi connectivity index (χ1n) is 9.15. The zero-order chi connectivity index (χ0) is 18.8. The molecule has 2 aromatic heterocycles. The van der Waals surface area contributed by atoms with Crippen LogP contribution < -0.4 is 18.9 Å². The number of ether oxygens (including phenoxy) is 4. The van der Waals surface area contributed by atoms with Gasteiger partial charge in [-0.3, -0.25) is 0 Å². The van der Waals surface area contributed by atoms with Gasteiger partial charge in [-0.15, -0.1) is 22.7 Å². The van der Waals surface area contributed by atoms with E-state index in [0.717, 1.165) is 42.6 Å². The van der Waals surface area contributed by atoms with Crippen molar-refractivity contribution in [3.63, 3.8) is 0 Å². The molecule has 0 N–H and O–H groups in total. The summed E-state index contributed by atoms with van der Waals surface area (Å²) >= 11 is 3.49. The van der Waals surface area contributed by atoms with Crippen LogP contribution in [0.2, 0.25) is 0 Å². The molecule has 0 bridgehead atoms. The number of hydrogen-bond donors (Lipinski definition) is 0. The van der Waals surface area contributed by atoms with E-state index >= 15 is 0 Å². The molecule has 0 aliphatic carbocycles. The molecule has 0 radical (unpaired) electrons. The molecule has 144 valence electrons. The SMILES string of the molecule is CCC1COc2c(C)sc(C)c2O1.Cc1sc(C)c2c1OCC(C)CO2. The van der Waals surface area contributed by atoms with E-state index in [9.17, 15) is 0 Å². The van der Waals surface area contributed by atoms with E-state index in [-0.39, 0.29) is 6.10 Å². The molecule has 4 rings (SSSR count). The Morgan fingerprint density at radius 2 is 1.15 bits per heavy atom. The predicted octanol–water partition coefficient (Wildman–Crippen LogP) is 5.69.